The summed E-state index contributed by atoms with van der Waals surface area (Å²) in [7, 11) is -3.61. The van der Waals surface area contributed by atoms with Crippen molar-refractivity contribution in [1.29, 1.82) is 0 Å². The van der Waals surface area contributed by atoms with E-state index in [2.05, 4.69) is 5.32 Å². The molecule has 0 spiro atoms. The second kappa shape index (κ2) is 6.76. The van der Waals surface area contributed by atoms with Gasteiger partial charge in [-0.25, -0.2) is 8.42 Å². The number of nitrogens with one attached hydrogen (secondary N) is 1. The number of nitrogens with two attached hydrogens (primary N) is 1. The minimum Gasteiger partial charge on any atom is -0.376 e. The van der Waals surface area contributed by atoms with E-state index in [9.17, 15) is 8.42 Å². The highest BCUT2D eigenvalue weighted by Gasteiger charge is 2.23. The van der Waals surface area contributed by atoms with Gasteiger partial charge in [-0.3, -0.25) is 4.31 Å². The normalized spacial score (nSPS) is 11.0. The Kier molecular flexibility index (Phi) is 4.99. The van der Waals surface area contributed by atoms with E-state index in [-0.39, 0.29) is 10.0 Å². The van der Waals surface area contributed by atoms with Crippen LogP contribution in [0.15, 0.2) is 59.5 Å². The second-order valence-corrected chi connectivity index (χ2v) is 6.82. The van der Waals surface area contributed by atoms with Crippen molar-refractivity contribution < 1.29 is 8.42 Å². The summed E-state index contributed by atoms with van der Waals surface area (Å²) in [5.74, 6) is 0. The Labute approximate surface area is 135 Å². The molecule has 0 saturated carbocycles. The number of nitrogens with zero attached hydrogens (tertiary/aromatic N) is 1. The average molecular weight is 335 g/mol. The zero-order chi connectivity index (χ0) is 16.2. The lowest BCUT2D eigenvalue weighted by Crippen LogP contribution is -2.30. The molecule has 3 N–H and O–H groups in total. The van der Waals surface area contributed by atoms with Gasteiger partial charge in [-0.05, 0) is 55.5 Å². The van der Waals surface area contributed by atoms with Gasteiger partial charge in [-0.2, -0.15) is 0 Å². The average Bonchev–Trinajstić information content (AvgIpc) is 2.49. The van der Waals surface area contributed by atoms with Crippen molar-refractivity contribution in [2.24, 2.45) is 5.73 Å². The van der Waals surface area contributed by atoms with Crippen LogP contribution >= 0.6 is 12.2 Å². The Morgan fingerprint density at radius 2 is 1.73 bits per heavy atom. The number of hydrogen-bond acceptors (Lipinski definition) is 3. The van der Waals surface area contributed by atoms with Crippen LogP contribution in [0.1, 0.15) is 6.92 Å². The van der Waals surface area contributed by atoms with Crippen molar-refractivity contribution in [3.63, 3.8) is 0 Å². The number of anilines is 2. The first kappa shape index (κ1) is 16.3. The van der Waals surface area contributed by atoms with E-state index in [0.717, 1.165) is 0 Å². The molecule has 0 atom stereocenters. The molecule has 0 fully saturated rings. The molecule has 0 aliphatic carbocycles. The number of rotatable bonds is 5. The van der Waals surface area contributed by atoms with Gasteiger partial charge in [0.25, 0.3) is 10.0 Å². The van der Waals surface area contributed by atoms with E-state index in [1.54, 1.807) is 31.2 Å². The molecule has 0 heterocycles. The Balaban J connectivity index is 2.34. The molecular formula is C15H17N3O2S2. The molecule has 7 heteroatoms. The third-order valence-electron chi connectivity index (χ3n) is 3.04. The van der Waals surface area contributed by atoms with E-state index >= 15 is 0 Å². The van der Waals surface area contributed by atoms with Gasteiger partial charge >= 0.3 is 0 Å². The predicted octanol–water partition coefficient (Wildman–Crippen LogP) is 2.56. The fourth-order valence-corrected chi connectivity index (χ4v) is 3.66. The summed E-state index contributed by atoms with van der Waals surface area (Å²) < 4.78 is 26.9. The molecule has 0 saturated heterocycles. The highest BCUT2D eigenvalue weighted by molar-refractivity contribution is 7.92. The van der Waals surface area contributed by atoms with E-state index in [4.69, 9.17) is 18.0 Å². The third kappa shape index (κ3) is 3.55. The summed E-state index contributed by atoms with van der Waals surface area (Å²) in [4.78, 5) is 0.215. The molecule has 5 nitrogen and oxygen atoms in total. The Morgan fingerprint density at radius 1 is 1.14 bits per heavy atom. The number of sulfonamides is 1. The number of para-hydroxylation sites is 1. The quantitative estimate of drug-likeness (QED) is 0.821. The summed E-state index contributed by atoms with van der Waals surface area (Å²) >= 11 is 4.75. The van der Waals surface area contributed by atoms with Gasteiger partial charge in [0.2, 0.25) is 0 Å². The van der Waals surface area contributed by atoms with Crippen molar-refractivity contribution >= 4 is 38.7 Å². The standard InChI is InChI=1S/C15H17N3O2S2/c1-2-18(13-6-4-3-5-7-13)22(19,20)14-10-8-12(9-11-14)17-15(16)21/h3-11H,2H2,1H3,(H3,16,17,21). The molecule has 0 unspecified atom stereocenters. The first-order valence-corrected chi connectivity index (χ1v) is 8.54. The van der Waals surface area contributed by atoms with Crippen LogP contribution in [0.2, 0.25) is 0 Å². The lowest BCUT2D eigenvalue weighted by molar-refractivity contribution is 0.592. The first-order valence-electron chi connectivity index (χ1n) is 6.69. The SMILES string of the molecule is CCN(c1ccccc1)S(=O)(=O)c1ccc(NC(N)=S)cc1. The molecule has 2 aromatic rings. The molecule has 22 heavy (non-hydrogen) atoms. The largest absolute Gasteiger partial charge is 0.376 e. The van der Waals surface area contributed by atoms with Gasteiger partial charge in [0.05, 0.1) is 10.6 Å². The summed E-state index contributed by atoms with van der Waals surface area (Å²) in [6.07, 6.45) is 0. The maximum atomic E-state index is 12.8. The molecule has 0 radical (unpaired) electrons. The Bertz CT molecular complexity index is 744. The third-order valence-corrected chi connectivity index (χ3v) is 5.06. The van der Waals surface area contributed by atoms with Crippen LogP contribution < -0.4 is 15.4 Å². The van der Waals surface area contributed by atoms with E-state index < -0.39 is 10.0 Å². The molecule has 2 aromatic carbocycles. The molecular weight excluding hydrogens is 318 g/mol. The van der Waals surface area contributed by atoms with Gasteiger partial charge in [0, 0.05) is 12.2 Å². The van der Waals surface area contributed by atoms with Gasteiger partial charge in [0.15, 0.2) is 5.11 Å². The molecule has 0 aliphatic rings. The van der Waals surface area contributed by atoms with Crippen LogP contribution in [0, 0.1) is 0 Å². The zero-order valence-electron chi connectivity index (χ0n) is 12.1. The number of benzene rings is 2. The molecule has 0 bridgehead atoms. The summed E-state index contributed by atoms with van der Waals surface area (Å²) in [6.45, 7) is 2.15. The lowest BCUT2D eigenvalue weighted by Gasteiger charge is -2.23. The van der Waals surface area contributed by atoms with E-state index in [0.29, 0.717) is 17.9 Å². The Morgan fingerprint density at radius 3 is 2.23 bits per heavy atom. The van der Waals surface area contributed by atoms with Crippen LogP contribution in [0.4, 0.5) is 11.4 Å². The molecule has 0 aliphatic heterocycles. The van der Waals surface area contributed by atoms with Crippen LogP contribution in [0.25, 0.3) is 0 Å². The van der Waals surface area contributed by atoms with Gasteiger partial charge < -0.3 is 11.1 Å². The maximum Gasteiger partial charge on any atom is 0.264 e. The van der Waals surface area contributed by atoms with Crippen LogP contribution in [-0.4, -0.2) is 20.1 Å². The zero-order valence-corrected chi connectivity index (χ0v) is 13.7. The van der Waals surface area contributed by atoms with Gasteiger partial charge in [-0.15, -0.1) is 0 Å². The fourth-order valence-electron chi connectivity index (χ4n) is 2.07. The molecule has 2 rings (SSSR count). The lowest BCUT2D eigenvalue weighted by atomic mass is 10.3. The molecule has 0 amide bonds. The monoisotopic (exact) mass is 335 g/mol. The maximum absolute atomic E-state index is 12.8. The van der Waals surface area contributed by atoms with Crippen molar-refractivity contribution in [3.8, 4) is 0 Å². The Hall–Kier alpha value is -2.12. The van der Waals surface area contributed by atoms with Gasteiger partial charge in [-0.1, -0.05) is 18.2 Å². The molecule has 116 valence electrons. The number of thiocarbonyl (C=S) groups is 1. The summed E-state index contributed by atoms with van der Waals surface area (Å²) in [5.41, 5.74) is 6.67. The van der Waals surface area contributed by atoms with Crippen molar-refractivity contribution in [3.05, 3.63) is 54.6 Å². The van der Waals surface area contributed by atoms with Crippen molar-refractivity contribution in [1.82, 2.24) is 0 Å². The predicted molar refractivity (Wildman–Crippen MR) is 93.5 cm³/mol. The highest BCUT2D eigenvalue weighted by Crippen LogP contribution is 2.24. The van der Waals surface area contributed by atoms with Crippen LogP contribution in [-0.2, 0) is 10.0 Å². The summed E-state index contributed by atoms with van der Waals surface area (Å²) in [5, 5.41) is 2.89. The molecule has 0 aromatic heterocycles. The van der Waals surface area contributed by atoms with E-state index in [1.165, 1.54) is 16.4 Å². The minimum atomic E-state index is -3.61. The van der Waals surface area contributed by atoms with Crippen LogP contribution in [0.5, 0.6) is 0 Å². The fraction of sp³-hybridized carbons (Fsp3) is 0.133. The van der Waals surface area contributed by atoms with Gasteiger partial charge in [0.1, 0.15) is 0 Å². The minimum absolute atomic E-state index is 0.134. The topological polar surface area (TPSA) is 75.4 Å². The smallest absolute Gasteiger partial charge is 0.264 e. The van der Waals surface area contributed by atoms with Crippen molar-refractivity contribution in [2.45, 2.75) is 11.8 Å². The number of hydrogen-bond donors (Lipinski definition) is 2. The van der Waals surface area contributed by atoms with Crippen LogP contribution in [0.3, 0.4) is 0 Å². The first-order chi connectivity index (χ1) is 10.4. The second-order valence-electron chi connectivity index (χ2n) is 4.52. The van der Waals surface area contributed by atoms with E-state index in [1.807, 2.05) is 18.2 Å². The highest BCUT2D eigenvalue weighted by atomic mass is 32.2. The van der Waals surface area contributed by atoms with Crippen molar-refractivity contribution in [2.75, 3.05) is 16.2 Å². The summed E-state index contributed by atoms with van der Waals surface area (Å²) in [6, 6.07) is 15.3.